The van der Waals surface area contributed by atoms with Crippen LogP contribution >= 0.6 is 11.3 Å². The first-order valence-electron chi connectivity index (χ1n) is 7.71. The maximum atomic E-state index is 12.3. The third-order valence-electron chi connectivity index (χ3n) is 3.58. The van der Waals surface area contributed by atoms with Gasteiger partial charge in [-0.25, -0.2) is 13.1 Å². The van der Waals surface area contributed by atoms with Gasteiger partial charge in [-0.2, -0.15) is 0 Å². The van der Waals surface area contributed by atoms with Crippen LogP contribution in [0.15, 0.2) is 16.3 Å². The molecule has 0 radical (unpaired) electrons. The van der Waals surface area contributed by atoms with Crippen molar-refractivity contribution < 1.29 is 8.42 Å². The van der Waals surface area contributed by atoms with Gasteiger partial charge in [0, 0.05) is 23.5 Å². The van der Waals surface area contributed by atoms with Crippen molar-refractivity contribution >= 4 is 21.4 Å². The Balaban J connectivity index is 1.88. The lowest BCUT2D eigenvalue weighted by Crippen LogP contribution is -2.32. The quantitative estimate of drug-likeness (QED) is 0.731. The van der Waals surface area contributed by atoms with E-state index in [0.29, 0.717) is 16.2 Å². The Kier molecular flexibility index (Phi) is 5.82. The van der Waals surface area contributed by atoms with E-state index in [-0.39, 0.29) is 6.04 Å². The fourth-order valence-corrected chi connectivity index (χ4v) is 4.70. The minimum Gasteiger partial charge on any atom is -0.309 e. The first kappa shape index (κ1) is 16.9. The molecule has 1 saturated carbocycles. The van der Waals surface area contributed by atoms with Gasteiger partial charge in [0.25, 0.3) is 0 Å². The van der Waals surface area contributed by atoms with E-state index in [1.54, 1.807) is 6.07 Å². The Labute approximate surface area is 132 Å². The molecule has 1 atom stereocenters. The number of hydrogen-bond donors (Lipinski definition) is 2. The molecule has 4 nitrogen and oxygen atoms in total. The van der Waals surface area contributed by atoms with Crippen LogP contribution in [0.5, 0.6) is 0 Å². The molecule has 21 heavy (non-hydrogen) atoms. The molecule has 0 aromatic carbocycles. The van der Waals surface area contributed by atoms with Crippen LogP contribution in [0.4, 0.5) is 0 Å². The Bertz CT molecular complexity index is 548. The molecular formula is C15H26N2O2S2. The number of thiophene rings is 1. The molecule has 1 aromatic heterocycles. The molecule has 1 aliphatic rings. The largest absolute Gasteiger partial charge is 0.309 e. The zero-order valence-electron chi connectivity index (χ0n) is 13.1. The van der Waals surface area contributed by atoms with Crippen LogP contribution in [-0.4, -0.2) is 20.5 Å². The standard InChI is InChI=1S/C15H26N2O2S2/c1-11(2)4-5-12(3)17-21(18,19)15-9-8-14(20-15)10-16-13-6-7-13/h8-9,11-13,16-17H,4-7,10H2,1-3H3. The topological polar surface area (TPSA) is 58.2 Å². The lowest BCUT2D eigenvalue weighted by atomic mass is 10.1. The lowest BCUT2D eigenvalue weighted by Gasteiger charge is -2.14. The first-order chi connectivity index (χ1) is 9.87. The van der Waals surface area contributed by atoms with Gasteiger partial charge in [-0.3, -0.25) is 0 Å². The Morgan fingerprint density at radius 1 is 1.24 bits per heavy atom. The summed E-state index contributed by atoms with van der Waals surface area (Å²) in [4.78, 5) is 1.08. The fraction of sp³-hybridized carbons (Fsp3) is 0.733. The third kappa shape index (κ3) is 5.70. The van der Waals surface area contributed by atoms with Crippen LogP contribution < -0.4 is 10.0 Å². The molecule has 120 valence electrons. The highest BCUT2D eigenvalue weighted by atomic mass is 32.2. The molecule has 1 unspecified atom stereocenters. The average molecular weight is 331 g/mol. The molecule has 2 rings (SSSR count). The van der Waals surface area contributed by atoms with Crippen LogP contribution in [-0.2, 0) is 16.6 Å². The predicted molar refractivity (Wildman–Crippen MR) is 88.0 cm³/mol. The summed E-state index contributed by atoms with van der Waals surface area (Å²) < 4.78 is 27.9. The van der Waals surface area contributed by atoms with Gasteiger partial charge in [0.15, 0.2) is 0 Å². The Hall–Kier alpha value is -0.430. The highest BCUT2D eigenvalue weighted by Crippen LogP contribution is 2.24. The van der Waals surface area contributed by atoms with E-state index in [1.807, 2.05) is 13.0 Å². The van der Waals surface area contributed by atoms with Gasteiger partial charge in [-0.1, -0.05) is 13.8 Å². The second-order valence-corrected chi connectivity index (χ2v) is 9.48. The zero-order valence-corrected chi connectivity index (χ0v) is 14.7. The molecule has 1 heterocycles. The van der Waals surface area contributed by atoms with Crippen molar-refractivity contribution in [2.24, 2.45) is 5.92 Å². The third-order valence-corrected chi connectivity index (χ3v) is 6.74. The van der Waals surface area contributed by atoms with E-state index in [9.17, 15) is 8.42 Å². The van der Waals surface area contributed by atoms with Crippen LogP contribution in [0.1, 0.15) is 51.3 Å². The maximum Gasteiger partial charge on any atom is 0.250 e. The van der Waals surface area contributed by atoms with E-state index < -0.39 is 10.0 Å². The second kappa shape index (κ2) is 7.22. The summed E-state index contributed by atoms with van der Waals surface area (Å²) in [5.74, 6) is 0.596. The van der Waals surface area contributed by atoms with Crippen molar-refractivity contribution in [3.05, 3.63) is 17.0 Å². The SMILES string of the molecule is CC(C)CCC(C)NS(=O)(=O)c1ccc(CNC2CC2)s1. The van der Waals surface area contributed by atoms with Crippen molar-refractivity contribution in [1.29, 1.82) is 0 Å². The summed E-state index contributed by atoms with van der Waals surface area (Å²) in [6.07, 6.45) is 4.39. The highest BCUT2D eigenvalue weighted by Gasteiger charge is 2.22. The first-order valence-corrected chi connectivity index (χ1v) is 10.0. The van der Waals surface area contributed by atoms with Crippen molar-refractivity contribution in [1.82, 2.24) is 10.0 Å². The zero-order chi connectivity index (χ0) is 15.5. The van der Waals surface area contributed by atoms with Crippen LogP contribution in [0.3, 0.4) is 0 Å². The fourth-order valence-electron chi connectivity index (χ4n) is 2.10. The van der Waals surface area contributed by atoms with Crippen molar-refractivity contribution in [3.8, 4) is 0 Å². The summed E-state index contributed by atoms with van der Waals surface area (Å²) in [6.45, 7) is 7.01. The maximum absolute atomic E-state index is 12.3. The Morgan fingerprint density at radius 3 is 2.57 bits per heavy atom. The molecule has 6 heteroatoms. The van der Waals surface area contributed by atoms with Crippen LogP contribution in [0, 0.1) is 5.92 Å². The van der Waals surface area contributed by atoms with E-state index >= 15 is 0 Å². The lowest BCUT2D eigenvalue weighted by molar-refractivity contribution is 0.486. The van der Waals surface area contributed by atoms with Crippen molar-refractivity contribution in [2.75, 3.05) is 0 Å². The normalized spacial score (nSPS) is 17.3. The van der Waals surface area contributed by atoms with Gasteiger partial charge < -0.3 is 5.32 Å². The van der Waals surface area contributed by atoms with Gasteiger partial charge in [-0.15, -0.1) is 11.3 Å². The van der Waals surface area contributed by atoms with Crippen LogP contribution in [0.25, 0.3) is 0 Å². The van der Waals surface area contributed by atoms with E-state index in [4.69, 9.17) is 0 Å². The van der Waals surface area contributed by atoms with Crippen LogP contribution in [0.2, 0.25) is 0 Å². The summed E-state index contributed by atoms with van der Waals surface area (Å²) >= 11 is 1.36. The average Bonchev–Trinajstić information content (AvgIpc) is 3.09. The van der Waals surface area contributed by atoms with Crippen molar-refractivity contribution in [2.45, 2.75) is 69.3 Å². The van der Waals surface area contributed by atoms with Gasteiger partial charge in [0.1, 0.15) is 4.21 Å². The van der Waals surface area contributed by atoms with E-state index in [1.165, 1.54) is 24.2 Å². The Morgan fingerprint density at radius 2 is 1.95 bits per heavy atom. The molecule has 1 fully saturated rings. The smallest absolute Gasteiger partial charge is 0.250 e. The molecule has 0 amide bonds. The van der Waals surface area contributed by atoms with E-state index in [2.05, 4.69) is 23.9 Å². The number of nitrogens with one attached hydrogen (secondary N) is 2. The van der Waals surface area contributed by atoms with Gasteiger partial charge in [0.2, 0.25) is 10.0 Å². The summed E-state index contributed by atoms with van der Waals surface area (Å²) in [5.41, 5.74) is 0. The molecule has 0 bridgehead atoms. The minimum absolute atomic E-state index is 0.0208. The highest BCUT2D eigenvalue weighted by molar-refractivity contribution is 7.91. The predicted octanol–water partition coefficient (Wildman–Crippen LogP) is 3.10. The van der Waals surface area contributed by atoms with Gasteiger partial charge >= 0.3 is 0 Å². The molecular weight excluding hydrogens is 304 g/mol. The molecule has 0 aliphatic heterocycles. The summed E-state index contributed by atoms with van der Waals surface area (Å²) in [6, 6.07) is 4.24. The van der Waals surface area contributed by atoms with Gasteiger partial charge in [-0.05, 0) is 50.7 Å². The van der Waals surface area contributed by atoms with E-state index in [0.717, 1.165) is 24.3 Å². The molecule has 0 spiro atoms. The van der Waals surface area contributed by atoms with Gasteiger partial charge in [0.05, 0.1) is 0 Å². The monoisotopic (exact) mass is 330 g/mol. The molecule has 1 aromatic rings. The summed E-state index contributed by atoms with van der Waals surface area (Å²) in [7, 11) is -3.37. The number of rotatable bonds is 9. The minimum atomic E-state index is -3.37. The number of hydrogen-bond acceptors (Lipinski definition) is 4. The van der Waals surface area contributed by atoms with Crippen molar-refractivity contribution in [3.63, 3.8) is 0 Å². The number of sulfonamides is 1. The molecule has 1 aliphatic carbocycles. The summed E-state index contributed by atoms with van der Waals surface area (Å²) in [5, 5.41) is 3.41. The second-order valence-electron chi connectivity index (χ2n) is 6.37. The molecule has 0 saturated heterocycles. The molecule has 2 N–H and O–H groups in total.